The Morgan fingerprint density at radius 2 is 1.86 bits per heavy atom. The van der Waals surface area contributed by atoms with E-state index in [0.717, 1.165) is 36.6 Å². The second-order valence-corrected chi connectivity index (χ2v) is 8.95. The third kappa shape index (κ3) is 4.46. The smallest absolute Gasteiger partial charge is 0.453 e. The number of phenolic OH excluding ortho intramolecular Hbond substituents is 1. The Balaban J connectivity index is 1.65. The molecule has 1 saturated heterocycles. The molecule has 4 aromatic rings. The van der Waals surface area contributed by atoms with Gasteiger partial charge in [-0.3, -0.25) is 9.69 Å². The highest BCUT2D eigenvalue weighted by molar-refractivity contribution is 5.85. The zero-order valence-electron chi connectivity index (χ0n) is 19.1. The van der Waals surface area contributed by atoms with Crippen LogP contribution in [0.4, 0.5) is 13.2 Å². The van der Waals surface area contributed by atoms with Crippen LogP contribution in [-0.2, 0) is 12.7 Å². The van der Waals surface area contributed by atoms with Crippen LogP contribution in [0, 0.1) is 0 Å². The number of ether oxygens (including phenoxy) is 1. The predicted molar refractivity (Wildman–Crippen MR) is 127 cm³/mol. The number of rotatable bonds is 4. The summed E-state index contributed by atoms with van der Waals surface area (Å²) in [4.78, 5) is 15.4. The number of halogens is 3. The van der Waals surface area contributed by atoms with Crippen molar-refractivity contribution < 1.29 is 27.4 Å². The van der Waals surface area contributed by atoms with E-state index in [1.807, 2.05) is 19.1 Å². The van der Waals surface area contributed by atoms with Gasteiger partial charge in [0.1, 0.15) is 17.1 Å². The van der Waals surface area contributed by atoms with E-state index in [1.54, 1.807) is 24.3 Å². The maximum atomic E-state index is 14.1. The van der Waals surface area contributed by atoms with Gasteiger partial charge in [-0.15, -0.1) is 0 Å². The van der Waals surface area contributed by atoms with Crippen molar-refractivity contribution >= 4 is 21.7 Å². The van der Waals surface area contributed by atoms with E-state index < -0.39 is 23.1 Å². The highest BCUT2D eigenvalue weighted by Gasteiger charge is 2.41. The summed E-state index contributed by atoms with van der Waals surface area (Å²) in [6, 6.07) is 14.9. The number of phenols is 1. The summed E-state index contributed by atoms with van der Waals surface area (Å²) in [7, 11) is 0. The van der Waals surface area contributed by atoms with Crippen LogP contribution < -0.4 is 10.2 Å². The molecule has 0 saturated carbocycles. The van der Waals surface area contributed by atoms with Crippen LogP contribution in [0.15, 0.2) is 63.8 Å². The molecular formula is C27H24F3NO4. The first-order chi connectivity index (χ1) is 16.7. The largest absolute Gasteiger partial charge is 0.507 e. The van der Waals surface area contributed by atoms with Crippen molar-refractivity contribution in [3.05, 3.63) is 76.1 Å². The zero-order chi connectivity index (χ0) is 24.7. The van der Waals surface area contributed by atoms with Gasteiger partial charge in [-0.05, 0) is 61.3 Å². The predicted octanol–water partition coefficient (Wildman–Crippen LogP) is 6.84. The molecule has 1 N–H and O–H groups in total. The Labute approximate surface area is 199 Å². The normalized spacial score (nSPS) is 17.2. The van der Waals surface area contributed by atoms with Gasteiger partial charge in [0.25, 0.3) is 5.76 Å². The molecule has 0 aliphatic carbocycles. The van der Waals surface area contributed by atoms with Gasteiger partial charge in [-0.1, -0.05) is 36.8 Å². The van der Waals surface area contributed by atoms with E-state index in [2.05, 4.69) is 4.90 Å². The van der Waals surface area contributed by atoms with E-state index in [0.29, 0.717) is 0 Å². The average molecular weight is 483 g/mol. The molecule has 0 amide bonds. The molecule has 5 rings (SSSR count). The summed E-state index contributed by atoms with van der Waals surface area (Å²) >= 11 is 0. The van der Waals surface area contributed by atoms with E-state index in [-0.39, 0.29) is 40.6 Å². The molecule has 3 aromatic carbocycles. The van der Waals surface area contributed by atoms with Crippen molar-refractivity contribution in [2.45, 2.75) is 44.9 Å². The molecule has 0 spiro atoms. The number of alkyl halides is 3. The van der Waals surface area contributed by atoms with Crippen LogP contribution in [0.2, 0.25) is 0 Å². The highest BCUT2D eigenvalue weighted by Crippen LogP contribution is 2.40. The molecule has 35 heavy (non-hydrogen) atoms. The van der Waals surface area contributed by atoms with Crippen LogP contribution >= 0.6 is 0 Å². The number of benzene rings is 3. The average Bonchev–Trinajstić information content (AvgIpc) is 2.83. The second kappa shape index (κ2) is 8.92. The summed E-state index contributed by atoms with van der Waals surface area (Å²) in [6.07, 6.45) is -2.01. The lowest BCUT2D eigenvalue weighted by Crippen LogP contribution is -2.36. The third-order valence-corrected chi connectivity index (χ3v) is 6.60. The Hall–Kier alpha value is -3.52. The molecule has 0 unspecified atom stereocenters. The number of hydrogen-bond acceptors (Lipinski definition) is 5. The van der Waals surface area contributed by atoms with E-state index >= 15 is 0 Å². The maximum absolute atomic E-state index is 14.1. The van der Waals surface area contributed by atoms with Crippen molar-refractivity contribution in [1.82, 2.24) is 4.90 Å². The topological polar surface area (TPSA) is 62.9 Å². The van der Waals surface area contributed by atoms with Crippen LogP contribution in [0.1, 0.15) is 37.5 Å². The van der Waals surface area contributed by atoms with Crippen LogP contribution in [-0.4, -0.2) is 22.6 Å². The molecule has 0 radical (unpaired) electrons. The van der Waals surface area contributed by atoms with E-state index in [4.69, 9.17) is 9.15 Å². The minimum Gasteiger partial charge on any atom is -0.507 e. The van der Waals surface area contributed by atoms with Crippen molar-refractivity contribution in [1.29, 1.82) is 0 Å². The second-order valence-electron chi connectivity index (χ2n) is 8.95. The van der Waals surface area contributed by atoms with Gasteiger partial charge in [0, 0.05) is 12.6 Å². The summed E-state index contributed by atoms with van der Waals surface area (Å²) in [5.74, 6) is -2.58. The minimum absolute atomic E-state index is 0.0775. The molecule has 8 heteroatoms. The number of nitrogens with zero attached hydrogens (tertiary/aromatic N) is 1. The summed E-state index contributed by atoms with van der Waals surface area (Å²) < 4.78 is 53.1. The molecule has 2 heterocycles. The fraction of sp³-hybridized carbons (Fsp3) is 0.296. The standard InChI is InChI=1S/C27H24F3NO4/c1-16-6-4-5-13-31(16)15-21-22(32)12-11-20-23(33)25(26(27(28,29)30)35-24(20)21)34-19-10-9-17-7-2-3-8-18(17)14-19/h2-3,7-12,14,16,32H,4-6,13,15H2,1H3/t16-/m1/s1. The first kappa shape index (κ1) is 23.2. The third-order valence-electron chi connectivity index (χ3n) is 6.60. The minimum atomic E-state index is -4.99. The molecule has 1 atom stereocenters. The molecule has 5 nitrogen and oxygen atoms in total. The quantitative estimate of drug-likeness (QED) is 0.344. The van der Waals surface area contributed by atoms with Gasteiger partial charge in [0.15, 0.2) is 0 Å². The lowest BCUT2D eigenvalue weighted by molar-refractivity contribution is -0.154. The summed E-state index contributed by atoms with van der Waals surface area (Å²) in [5.41, 5.74) is -1.05. The molecule has 182 valence electrons. The van der Waals surface area contributed by atoms with Crippen molar-refractivity contribution in [2.75, 3.05) is 6.54 Å². The zero-order valence-corrected chi connectivity index (χ0v) is 19.1. The van der Waals surface area contributed by atoms with Gasteiger partial charge in [-0.2, -0.15) is 13.2 Å². The van der Waals surface area contributed by atoms with Gasteiger partial charge >= 0.3 is 6.18 Å². The molecule has 1 aliphatic heterocycles. The number of aromatic hydroxyl groups is 1. The summed E-state index contributed by atoms with van der Waals surface area (Å²) in [5, 5.41) is 12.1. The first-order valence-corrected chi connectivity index (χ1v) is 11.5. The molecule has 1 aliphatic rings. The lowest BCUT2D eigenvalue weighted by Gasteiger charge is -2.33. The molecule has 0 bridgehead atoms. The Bertz CT molecular complexity index is 1460. The van der Waals surface area contributed by atoms with Crippen LogP contribution in [0.3, 0.4) is 0 Å². The van der Waals surface area contributed by atoms with Crippen molar-refractivity contribution in [3.8, 4) is 17.2 Å². The van der Waals surface area contributed by atoms with E-state index in [9.17, 15) is 23.1 Å². The SMILES string of the molecule is C[C@@H]1CCCCN1Cc1c(O)ccc2c(=O)c(Oc3ccc4ccccc4c3)c(C(F)(F)F)oc12. The lowest BCUT2D eigenvalue weighted by atomic mass is 10.0. The monoisotopic (exact) mass is 483 g/mol. The number of hydrogen-bond donors (Lipinski definition) is 1. The van der Waals surface area contributed by atoms with Gasteiger partial charge < -0.3 is 14.3 Å². The number of fused-ring (bicyclic) bond motifs is 2. The van der Waals surface area contributed by atoms with Gasteiger partial charge in [0.2, 0.25) is 11.2 Å². The number of piperidine rings is 1. The van der Waals surface area contributed by atoms with Crippen LogP contribution in [0.25, 0.3) is 21.7 Å². The fourth-order valence-electron chi connectivity index (χ4n) is 4.66. The van der Waals surface area contributed by atoms with E-state index in [1.165, 1.54) is 18.2 Å². The molecular weight excluding hydrogens is 459 g/mol. The Morgan fingerprint density at radius 3 is 2.60 bits per heavy atom. The number of likely N-dealkylation sites (tertiary alicyclic amines) is 1. The van der Waals surface area contributed by atoms with Gasteiger partial charge in [0.05, 0.1) is 10.9 Å². The fourth-order valence-corrected chi connectivity index (χ4v) is 4.66. The van der Waals surface area contributed by atoms with Crippen molar-refractivity contribution in [3.63, 3.8) is 0 Å². The molecule has 1 fully saturated rings. The van der Waals surface area contributed by atoms with Gasteiger partial charge in [-0.25, -0.2) is 0 Å². The summed E-state index contributed by atoms with van der Waals surface area (Å²) in [6.45, 7) is 2.96. The van der Waals surface area contributed by atoms with Crippen LogP contribution in [0.5, 0.6) is 17.2 Å². The first-order valence-electron chi connectivity index (χ1n) is 11.5. The highest BCUT2D eigenvalue weighted by atomic mass is 19.4. The Morgan fingerprint density at radius 1 is 1.09 bits per heavy atom. The maximum Gasteiger partial charge on any atom is 0.453 e. The Kier molecular flexibility index (Phi) is 5.92. The van der Waals surface area contributed by atoms with Crippen molar-refractivity contribution in [2.24, 2.45) is 0 Å². The molecule has 1 aromatic heterocycles.